The van der Waals surface area contributed by atoms with Crippen molar-refractivity contribution >= 4 is 29.2 Å². The van der Waals surface area contributed by atoms with Gasteiger partial charge >= 0.3 is 0 Å². The minimum atomic E-state index is 0.253. The molecule has 4 nitrogen and oxygen atoms in total. The Kier molecular flexibility index (Phi) is 2.12. The lowest BCUT2D eigenvalue weighted by molar-refractivity contribution is 0.270. The number of aliphatic imine (C=N–C) groups is 1. The van der Waals surface area contributed by atoms with E-state index in [0.717, 1.165) is 5.06 Å². The fourth-order valence-electron chi connectivity index (χ4n) is 1.34. The van der Waals surface area contributed by atoms with Crippen molar-refractivity contribution in [2.45, 2.75) is 0 Å². The summed E-state index contributed by atoms with van der Waals surface area (Å²) in [7, 11) is 0. The van der Waals surface area contributed by atoms with Crippen LogP contribution in [0.3, 0.4) is 0 Å². The van der Waals surface area contributed by atoms with Gasteiger partial charge in [-0.05, 0) is 12.1 Å². The van der Waals surface area contributed by atoms with E-state index in [4.69, 9.17) is 16.9 Å². The molecule has 1 N–H and O–H groups in total. The van der Waals surface area contributed by atoms with Crippen molar-refractivity contribution in [1.29, 1.82) is 5.26 Å². The predicted octanol–water partition coefficient (Wildman–Crippen LogP) is 2.12. The zero-order valence-electron chi connectivity index (χ0n) is 7.11. The predicted molar refractivity (Wildman–Crippen MR) is 53.5 cm³/mol. The van der Waals surface area contributed by atoms with E-state index >= 15 is 0 Å². The van der Waals surface area contributed by atoms with Gasteiger partial charge in [-0.1, -0.05) is 11.6 Å². The van der Waals surface area contributed by atoms with E-state index < -0.39 is 0 Å². The van der Waals surface area contributed by atoms with Crippen molar-refractivity contribution in [3.8, 4) is 6.07 Å². The molecule has 0 saturated heterocycles. The number of nitriles is 1. The molecule has 0 spiro atoms. The first-order chi connectivity index (χ1) is 6.74. The lowest BCUT2D eigenvalue weighted by atomic mass is 10.1. The molecule has 0 radical (unpaired) electrons. The SMILES string of the molecule is N#Cc1c(Cl)ccc2c1N(O)CC=N2. The number of anilines is 1. The summed E-state index contributed by atoms with van der Waals surface area (Å²) >= 11 is 5.81. The third-order valence-corrected chi connectivity index (χ3v) is 2.28. The Balaban J connectivity index is 2.72. The van der Waals surface area contributed by atoms with Crippen molar-refractivity contribution in [2.75, 3.05) is 11.6 Å². The van der Waals surface area contributed by atoms with Gasteiger partial charge in [-0.3, -0.25) is 10.2 Å². The van der Waals surface area contributed by atoms with Crippen molar-refractivity contribution in [3.63, 3.8) is 0 Å². The Labute approximate surface area is 85.6 Å². The van der Waals surface area contributed by atoms with Gasteiger partial charge in [0.25, 0.3) is 0 Å². The molecule has 1 aliphatic heterocycles. The first kappa shape index (κ1) is 9.00. The molecule has 0 aliphatic carbocycles. The quantitative estimate of drug-likeness (QED) is 0.709. The number of hydroxylamine groups is 1. The first-order valence-corrected chi connectivity index (χ1v) is 4.33. The second-order valence-electron chi connectivity index (χ2n) is 2.80. The highest BCUT2D eigenvalue weighted by atomic mass is 35.5. The lowest BCUT2D eigenvalue weighted by Crippen LogP contribution is -2.23. The fourth-order valence-corrected chi connectivity index (χ4v) is 1.53. The van der Waals surface area contributed by atoms with Crippen LogP contribution in [0, 0.1) is 11.3 Å². The molecule has 5 heteroatoms. The minimum Gasteiger partial charge on any atom is -0.288 e. The van der Waals surface area contributed by atoms with Gasteiger partial charge in [-0.15, -0.1) is 0 Å². The number of fused-ring (bicyclic) bond motifs is 1. The third kappa shape index (κ3) is 1.23. The van der Waals surface area contributed by atoms with E-state index in [1.165, 1.54) is 0 Å². The average Bonchev–Trinajstić information content (AvgIpc) is 2.19. The molecule has 0 aromatic heterocycles. The molecule has 1 aromatic carbocycles. The molecule has 0 unspecified atom stereocenters. The largest absolute Gasteiger partial charge is 0.288 e. The van der Waals surface area contributed by atoms with Gasteiger partial charge in [-0.2, -0.15) is 5.26 Å². The van der Waals surface area contributed by atoms with E-state index in [1.54, 1.807) is 18.3 Å². The zero-order chi connectivity index (χ0) is 10.1. The summed E-state index contributed by atoms with van der Waals surface area (Å²) in [5.74, 6) is 0. The Morgan fingerprint density at radius 2 is 2.36 bits per heavy atom. The molecule has 70 valence electrons. The molecule has 2 rings (SSSR count). The second-order valence-corrected chi connectivity index (χ2v) is 3.20. The monoisotopic (exact) mass is 207 g/mol. The van der Waals surface area contributed by atoms with Gasteiger partial charge in [0.1, 0.15) is 11.8 Å². The fraction of sp³-hybridized carbons (Fsp3) is 0.111. The van der Waals surface area contributed by atoms with E-state index in [0.29, 0.717) is 16.4 Å². The number of hydrogen-bond acceptors (Lipinski definition) is 4. The van der Waals surface area contributed by atoms with Crippen molar-refractivity contribution in [1.82, 2.24) is 0 Å². The molecule has 0 fully saturated rings. The molecule has 0 atom stereocenters. The average molecular weight is 208 g/mol. The van der Waals surface area contributed by atoms with E-state index in [2.05, 4.69) is 4.99 Å². The Morgan fingerprint density at radius 1 is 1.57 bits per heavy atom. The molecule has 1 aliphatic rings. The van der Waals surface area contributed by atoms with Gasteiger partial charge < -0.3 is 0 Å². The van der Waals surface area contributed by atoms with Crippen LogP contribution in [-0.4, -0.2) is 18.0 Å². The van der Waals surface area contributed by atoms with Gasteiger partial charge in [0, 0.05) is 6.21 Å². The molecule has 1 heterocycles. The van der Waals surface area contributed by atoms with Crippen LogP contribution in [0.2, 0.25) is 5.02 Å². The van der Waals surface area contributed by atoms with Crippen LogP contribution in [0.1, 0.15) is 5.56 Å². The number of nitrogens with zero attached hydrogens (tertiary/aromatic N) is 3. The summed E-state index contributed by atoms with van der Waals surface area (Å²) in [5, 5.41) is 19.7. The number of halogens is 1. The molecule has 0 saturated carbocycles. The molecule has 0 amide bonds. The summed E-state index contributed by atoms with van der Waals surface area (Å²) in [4.78, 5) is 4.06. The third-order valence-electron chi connectivity index (χ3n) is 1.96. The van der Waals surface area contributed by atoms with Crippen LogP contribution < -0.4 is 5.06 Å². The minimum absolute atomic E-state index is 0.253. The van der Waals surface area contributed by atoms with Gasteiger partial charge in [-0.25, -0.2) is 5.06 Å². The normalized spacial score (nSPS) is 13.6. The molecule has 0 bridgehead atoms. The van der Waals surface area contributed by atoms with Crippen molar-refractivity contribution in [2.24, 2.45) is 4.99 Å². The maximum Gasteiger partial charge on any atom is 0.109 e. The van der Waals surface area contributed by atoms with Crippen LogP contribution in [0.5, 0.6) is 0 Å². The number of rotatable bonds is 0. The lowest BCUT2D eigenvalue weighted by Gasteiger charge is -2.21. The Morgan fingerprint density at radius 3 is 3.07 bits per heavy atom. The number of benzene rings is 1. The summed E-state index contributed by atoms with van der Waals surface area (Å²) in [6.45, 7) is 0.266. The topological polar surface area (TPSA) is 59.6 Å². The van der Waals surface area contributed by atoms with Gasteiger partial charge in [0.05, 0.1) is 22.8 Å². The smallest absolute Gasteiger partial charge is 0.109 e. The van der Waals surface area contributed by atoms with Crippen LogP contribution >= 0.6 is 11.6 Å². The van der Waals surface area contributed by atoms with E-state index in [-0.39, 0.29) is 12.1 Å². The number of hydrogen-bond donors (Lipinski definition) is 1. The highest BCUT2D eigenvalue weighted by Gasteiger charge is 2.19. The Bertz CT molecular complexity index is 450. The summed E-state index contributed by atoms with van der Waals surface area (Å²) < 4.78 is 0. The molecular formula is C9H6ClN3O. The van der Waals surface area contributed by atoms with E-state index in [1.807, 2.05) is 6.07 Å². The van der Waals surface area contributed by atoms with Gasteiger partial charge in [0.15, 0.2) is 0 Å². The molecular weight excluding hydrogens is 202 g/mol. The second kappa shape index (κ2) is 3.29. The Hall–Kier alpha value is -1.57. The molecule has 14 heavy (non-hydrogen) atoms. The first-order valence-electron chi connectivity index (χ1n) is 3.95. The van der Waals surface area contributed by atoms with Crippen LogP contribution in [-0.2, 0) is 0 Å². The zero-order valence-corrected chi connectivity index (χ0v) is 7.86. The van der Waals surface area contributed by atoms with Crippen LogP contribution in [0.4, 0.5) is 11.4 Å². The summed E-state index contributed by atoms with van der Waals surface area (Å²) in [5.41, 5.74) is 1.19. The maximum absolute atomic E-state index is 9.53. The van der Waals surface area contributed by atoms with Crippen molar-refractivity contribution in [3.05, 3.63) is 22.7 Å². The van der Waals surface area contributed by atoms with Crippen molar-refractivity contribution < 1.29 is 5.21 Å². The van der Waals surface area contributed by atoms with E-state index in [9.17, 15) is 5.21 Å². The summed E-state index contributed by atoms with van der Waals surface area (Å²) in [6, 6.07) is 5.20. The van der Waals surface area contributed by atoms with Crippen LogP contribution in [0.25, 0.3) is 0 Å². The van der Waals surface area contributed by atoms with Crippen LogP contribution in [0.15, 0.2) is 17.1 Å². The highest BCUT2D eigenvalue weighted by molar-refractivity contribution is 6.32. The highest BCUT2D eigenvalue weighted by Crippen LogP contribution is 2.36. The summed E-state index contributed by atoms with van der Waals surface area (Å²) in [6.07, 6.45) is 1.57. The molecule has 1 aromatic rings. The standard InChI is InChI=1S/C9H6ClN3O/c10-7-1-2-8-9(6(7)5-11)13(14)4-3-12-8/h1-3,14H,4H2. The van der Waals surface area contributed by atoms with Gasteiger partial charge in [0.2, 0.25) is 0 Å². The maximum atomic E-state index is 9.53.